The van der Waals surface area contributed by atoms with Gasteiger partial charge in [-0.05, 0) is 31.0 Å². The number of nitrogens with zero attached hydrogens (tertiary/aromatic N) is 2. The predicted octanol–water partition coefficient (Wildman–Crippen LogP) is 4.02. The Hall–Kier alpha value is -1.62. The van der Waals surface area contributed by atoms with Crippen molar-refractivity contribution in [2.75, 3.05) is 17.7 Å². The SMILES string of the molecule is CCc1c(NC)ncnc1NC(C)c1ccc(Br)cc1. The van der Waals surface area contributed by atoms with E-state index in [0.717, 1.165) is 28.1 Å². The van der Waals surface area contributed by atoms with E-state index in [0.29, 0.717) is 0 Å². The molecular formula is C15H19BrN4. The van der Waals surface area contributed by atoms with Crippen molar-refractivity contribution in [3.8, 4) is 0 Å². The van der Waals surface area contributed by atoms with Crippen LogP contribution in [0.15, 0.2) is 35.1 Å². The topological polar surface area (TPSA) is 49.8 Å². The molecule has 1 atom stereocenters. The third-order valence-electron chi connectivity index (χ3n) is 3.26. The van der Waals surface area contributed by atoms with Crippen molar-refractivity contribution in [2.24, 2.45) is 0 Å². The molecule has 0 fully saturated rings. The van der Waals surface area contributed by atoms with Crippen LogP contribution in [-0.2, 0) is 6.42 Å². The second-order valence-corrected chi connectivity index (χ2v) is 5.49. The summed E-state index contributed by atoms with van der Waals surface area (Å²) in [4.78, 5) is 8.62. The van der Waals surface area contributed by atoms with E-state index in [1.54, 1.807) is 6.33 Å². The van der Waals surface area contributed by atoms with Gasteiger partial charge in [-0.3, -0.25) is 0 Å². The van der Waals surface area contributed by atoms with Gasteiger partial charge in [-0.15, -0.1) is 0 Å². The molecule has 106 valence electrons. The molecule has 0 spiro atoms. The highest BCUT2D eigenvalue weighted by Crippen LogP contribution is 2.25. The number of hydrogen-bond donors (Lipinski definition) is 2. The van der Waals surface area contributed by atoms with Crippen molar-refractivity contribution in [1.82, 2.24) is 9.97 Å². The number of aromatic nitrogens is 2. The van der Waals surface area contributed by atoms with E-state index in [-0.39, 0.29) is 6.04 Å². The van der Waals surface area contributed by atoms with E-state index in [1.165, 1.54) is 5.56 Å². The molecule has 1 aromatic carbocycles. The Morgan fingerprint density at radius 3 is 2.40 bits per heavy atom. The van der Waals surface area contributed by atoms with Crippen LogP contribution in [0.3, 0.4) is 0 Å². The Balaban J connectivity index is 2.23. The minimum absolute atomic E-state index is 0.188. The first-order valence-electron chi connectivity index (χ1n) is 6.69. The lowest BCUT2D eigenvalue weighted by Gasteiger charge is -2.18. The van der Waals surface area contributed by atoms with Gasteiger partial charge < -0.3 is 10.6 Å². The molecule has 1 unspecified atom stereocenters. The number of anilines is 2. The third kappa shape index (κ3) is 3.28. The fourth-order valence-corrected chi connectivity index (χ4v) is 2.39. The molecule has 0 aliphatic carbocycles. The molecule has 20 heavy (non-hydrogen) atoms. The van der Waals surface area contributed by atoms with Crippen LogP contribution in [0.1, 0.15) is 31.0 Å². The molecule has 0 bridgehead atoms. The Morgan fingerprint density at radius 2 is 1.80 bits per heavy atom. The van der Waals surface area contributed by atoms with Gasteiger partial charge in [-0.1, -0.05) is 35.0 Å². The summed E-state index contributed by atoms with van der Waals surface area (Å²) in [7, 11) is 1.88. The highest BCUT2D eigenvalue weighted by molar-refractivity contribution is 9.10. The number of halogens is 1. The van der Waals surface area contributed by atoms with Gasteiger partial charge in [0, 0.05) is 23.1 Å². The van der Waals surface area contributed by atoms with Crippen LogP contribution in [0.5, 0.6) is 0 Å². The predicted molar refractivity (Wildman–Crippen MR) is 87.1 cm³/mol. The van der Waals surface area contributed by atoms with E-state index in [1.807, 2.05) is 19.2 Å². The number of rotatable bonds is 5. The number of hydrogen-bond acceptors (Lipinski definition) is 4. The van der Waals surface area contributed by atoms with Gasteiger partial charge >= 0.3 is 0 Å². The first-order chi connectivity index (χ1) is 9.65. The van der Waals surface area contributed by atoms with Crippen LogP contribution < -0.4 is 10.6 Å². The summed E-state index contributed by atoms with van der Waals surface area (Å²) < 4.78 is 1.09. The van der Waals surface area contributed by atoms with Gasteiger partial charge in [-0.25, -0.2) is 9.97 Å². The number of benzene rings is 1. The van der Waals surface area contributed by atoms with Gasteiger partial charge in [0.05, 0.1) is 0 Å². The summed E-state index contributed by atoms with van der Waals surface area (Å²) in [6, 6.07) is 8.50. The first-order valence-corrected chi connectivity index (χ1v) is 7.48. The lowest BCUT2D eigenvalue weighted by Crippen LogP contribution is -2.11. The largest absolute Gasteiger partial charge is 0.373 e. The van der Waals surface area contributed by atoms with E-state index in [2.05, 4.69) is 62.5 Å². The summed E-state index contributed by atoms with van der Waals surface area (Å²) in [5.41, 5.74) is 2.33. The minimum Gasteiger partial charge on any atom is -0.373 e. The quantitative estimate of drug-likeness (QED) is 0.867. The molecule has 5 heteroatoms. The summed E-state index contributed by atoms with van der Waals surface area (Å²) in [5, 5.41) is 6.58. The molecule has 0 amide bonds. The van der Waals surface area contributed by atoms with E-state index < -0.39 is 0 Å². The fraction of sp³-hybridized carbons (Fsp3) is 0.333. The lowest BCUT2D eigenvalue weighted by atomic mass is 10.1. The molecule has 0 aliphatic heterocycles. The average molecular weight is 335 g/mol. The summed E-state index contributed by atoms with van der Waals surface area (Å²) >= 11 is 3.45. The Kier molecular flexibility index (Phi) is 4.95. The fourth-order valence-electron chi connectivity index (χ4n) is 2.13. The molecule has 2 aromatic rings. The van der Waals surface area contributed by atoms with Gasteiger partial charge in [0.15, 0.2) is 0 Å². The summed E-state index contributed by atoms with van der Waals surface area (Å²) in [6.07, 6.45) is 2.47. The average Bonchev–Trinajstić information content (AvgIpc) is 2.47. The molecule has 1 aromatic heterocycles. The second-order valence-electron chi connectivity index (χ2n) is 4.57. The minimum atomic E-state index is 0.188. The molecule has 2 N–H and O–H groups in total. The molecule has 0 saturated carbocycles. The maximum Gasteiger partial charge on any atom is 0.135 e. The normalized spacial score (nSPS) is 12.0. The molecule has 4 nitrogen and oxygen atoms in total. The van der Waals surface area contributed by atoms with Gasteiger partial charge in [0.25, 0.3) is 0 Å². The van der Waals surface area contributed by atoms with Crippen molar-refractivity contribution in [1.29, 1.82) is 0 Å². The van der Waals surface area contributed by atoms with Crippen molar-refractivity contribution >= 4 is 27.6 Å². The smallest absolute Gasteiger partial charge is 0.135 e. The Labute approximate surface area is 128 Å². The van der Waals surface area contributed by atoms with Crippen LogP contribution >= 0.6 is 15.9 Å². The van der Waals surface area contributed by atoms with E-state index >= 15 is 0 Å². The molecule has 0 radical (unpaired) electrons. The van der Waals surface area contributed by atoms with Gasteiger partial charge in [-0.2, -0.15) is 0 Å². The molecule has 0 saturated heterocycles. The van der Waals surface area contributed by atoms with Crippen LogP contribution in [0.2, 0.25) is 0 Å². The maximum atomic E-state index is 4.37. The Morgan fingerprint density at radius 1 is 1.15 bits per heavy atom. The third-order valence-corrected chi connectivity index (χ3v) is 3.79. The molecule has 1 heterocycles. The van der Waals surface area contributed by atoms with Crippen LogP contribution in [0, 0.1) is 0 Å². The van der Waals surface area contributed by atoms with Crippen LogP contribution in [-0.4, -0.2) is 17.0 Å². The van der Waals surface area contributed by atoms with Gasteiger partial charge in [0.2, 0.25) is 0 Å². The van der Waals surface area contributed by atoms with Crippen molar-refractivity contribution in [3.63, 3.8) is 0 Å². The zero-order chi connectivity index (χ0) is 14.5. The van der Waals surface area contributed by atoms with Crippen LogP contribution in [0.25, 0.3) is 0 Å². The summed E-state index contributed by atoms with van der Waals surface area (Å²) in [6.45, 7) is 4.23. The second kappa shape index (κ2) is 6.70. The van der Waals surface area contributed by atoms with Crippen molar-refractivity contribution in [3.05, 3.63) is 46.2 Å². The van der Waals surface area contributed by atoms with E-state index in [9.17, 15) is 0 Å². The molecule has 0 aliphatic rings. The van der Waals surface area contributed by atoms with Crippen molar-refractivity contribution < 1.29 is 0 Å². The first kappa shape index (κ1) is 14.8. The lowest BCUT2D eigenvalue weighted by molar-refractivity contribution is 0.863. The zero-order valence-corrected chi connectivity index (χ0v) is 13.5. The molecular weight excluding hydrogens is 316 g/mol. The van der Waals surface area contributed by atoms with Crippen LogP contribution in [0.4, 0.5) is 11.6 Å². The monoisotopic (exact) mass is 334 g/mol. The maximum absolute atomic E-state index is 4.37. The van der Waals surface area contributed by atoms with Crippen molar-refractivity contribution in [2.45, 2.75) is 26.3 Å². The summed E-state index contributed by atoms with van der Waals surface area (Å²) in [5.74, 6) is 1.77. The standard InChI is InChI=1S/C15H19BrN4/c1-4-13-14(17-3)18-9-19-15(13)20-10(2)11-5-7-12(16)8-6-11/h5-10H,4H2,1-3H3,(H2,17,18,19,20). The number of nitrogens with one attached hydrogen (secondary N) is 2. The molecule has 2 rings (SSSR count). The highest BCUT2D eigenvalue weighted by Gasteiger charge is 2.12. The zero-order valence-electron chi connectivity index (χ0n) is 11.9. The van der Waals surface area contributed by atoms with Gasteiger partial charge in [0.1, 0.15) is 18.0 Å². The Bertz CT molecular complexity index is 569. The highest BCUT2D eigenvalue weighted by atomic mass is 79.9. The van der Waals surface area contributed by atoms with E-state index in [4.69, 9.17) is 0 Å².